The molecule has 0 fully saturated rings. The molecule has 0 aliphatic carbocycles. The van der Waals surface area contributed by atoms with Crippen LogP contribution in [-0.4, -0.2) is 48.7 Å². The Morgan fingerprint density at radius 2 is 1.74 bits per heavy atom. The lowest BCUT2D eigenvalue weighted by Gasteiger charge is -2.13. The smallest absolute Gasteiger partial charge is 0.325 e. The molecule has 104 valence electrons. The highest BCUT2D eigenvalue weighted by molar-refractivity contribution is 5.76. The van der Waals surface area contributed by atoms with Gasteiger partial charge in [-0.15, -0.1) is 0 Å². The van der Waals surface area contributed by atoms with Gasteiger partial charge in [0.05, 0.1) is 19.7 Å². The molecule has 0 atom stereocenters. The zero-order valence-corrected chi connectivity index (χ0v) is 11.0. The number of rotatable bonds is 7. The van der Waals surface area contributed by atoms with Gasteiger partial charge in [0, 0.05) is 0 Å². The summed E-state index contributed by atoms with van der Waals surface area (Å²) in [6.45, 7) is 2.16. The molecule has 1 aromatic rings. The molecule has 0 radical (unpaired) electrons. The maximum atomic E-state index is 11.5. The van der Waals surface area contributed by atoms with E-state index in [4.69, 9.17) is 14.6 Å². The average molecular weight is 267 g/mol. The van der Waals surface area contributed by atoms with Crippen LogP contribution in [0.3, 0.4) is 0 Å². The highest BCUT2D eigenvalue weighted by Gasteiger charge is 2.11. The van der Waals surface area contributed by atoms with Crippen LogP contribution >= 0.6 is 0 Å². The Kier molecular flexibility index (Phi) is 5.81. The van der Waals surface area contributed by atoms with Crippen molar-refractivity contribution in [2.75, 3.05) is 26.7 Å². The van der Waals surface area contributed by atoms with Crippen LogP contribution in [-0.2, 0) is 9.59 Å². The largest absolute Gasteiger partial charge is 0.494 e. The Labute approximate surface area is 111 Å². The molecule has 1 aromatic carbocycles. The number of likely N-dealkylation sites (N-methyl/N-ethyl adjacent to an activating group) is 1. The molecule has 0 amide bonds. The van der Waals surface area contributed by atoms with Crippen molar-refractivity contribution in [2.24, 2.45) is 0 Å². The molecule has 0 aliphatic rings. The molecule has 0 aliphatic heterocycles. The molecule has 6 heteroatoms. The summed E-state index contributed by atoms with van der Waals surface area (Å²) in [4.78, 5) is 23.3. The number of hydrogen-bond acceptors (Lipinski definition) is 5. The number of carbonyl (C=O) groups is 2. The van der Waals surface area contributed by atoms with E-state index in [-0.39, 0.29) is 13.1 Å². The van der Waals surface area contributed by atoms with E-state index in [2.05, 4.69) is 0 Å². The van der Waals surface area contributed by atoms with E-state index in [9.17, 15) is 9.59 Å². The van der Waals surface area contributed by atoms with Crippen LogP contribution < -0.4 is 9.47 Å². The zero-order chi connectivity index (χ0) is 14.3. The normalized spacial score (nSPS) is 10.3. The van der Waals surface area contributed by atoms with Gasteiger partial charge < -0.3 is 14.6 Å². The van der Waals surface area contributed by atoms with Gasteiger partial charge in [-0.05, 0) is 38.2 Å². The summed E-state index contributed by atoms with van der Waals surface area (Å²) in [7, 11) is 1.54. The first kappa shape index (κ1) is 15.0. The summed E-state index contributed by atoms with van der Waals surface area (Å²) in [6, 6.07) is 6.65. The fourth-order valence-electron chi connectivity index (χ4n) is 1.44. The molecule has 0 unspecified atom stereocenters. The van der Waals surface area contributed by atoms with Crippen LogP contribution in [0.1, 0.15) is 6.92 Å². The number of carbonyl (C=O) groups excluding carboxylic acids is 1. The fraction of sp³-hybridized carbons (Fsp3) is 0.385. The number of esters is 1. The summed E-state index contributed by atoms with van der Waals surface area (Å²) in [6.07, 6.45) is 0. The van der Waals surface area contributed by atoms with Gasteiger partial charge in [0.1, 0.15) is 11.5 Å². The lowest BCUT2D eigenvalue weighted by atomic mass is 10.3. The van der Waals surface area contributed by atoms with E-state index < -0.39 is 11.9 Å². The van der Waals surface area contributed by atoms with Gasteiger partial charge in [-0.25, -0.2) is 0 Å². The van der Waals surface area contributed by atoms with Crippen LogP contribution in [0.4, 0.5) is 0 Å². The molecule has 19 heavy (non-hydrogen) atoms. The minimum absolute atomic E-state index is 0.0838. The monoisotopic (exact) mass is 267 g/mol. The fourth-order valence-corrected chi connectivity index (χ4v) is 1.44. The van der Waals surface area contributed by atoms with Crippen LogP contribution in [0.15, 0.2) is 24.3 Å². The first-order chi connectivity index (χ1) is 9.01. The summed E-state index contributed by atoms with van der Waals surface area (Å²) >= 11 is 0. The molecular weight excluding hydrogens is 250 g/mol. The van der Waals surface area contributed by atoms with Crippen molar-refractivity contribution in [3.05, 3.63) is 24.3 Å². The van der Waals surface area contributed by atoms with Crippen LogP contribution in [0, 0.1) is 0 Å². The lowest BCUT2D eigenvalue weighted by molar-refractivity contribution is -0.140. The van der Waals surface area contributed by atoms with E-state index in [1.165, 1.54) is 11.9 Å². The number of aliphatic carboxylic acids is 1. The van der Waals surface area contributed by atoms with Gasteiger partial charge >= 0.3 is 11.9 Å². The molecule has 6 nitrogen and oxygen atoms in total. The van der Waals surface area contributed by atoms with E-state index in [1.54, 1.807) is 24.3 Å². The summed E-state index contributed by atoms with van der Waals surface area (Å²) < 4.78 is 10.3. The molecule has 1 N–H and O–H groups in total. The predicted molar refractivity (Wildman–Crippen MR) is 68.4 cm³/mol. The van der Waals surface area contributed by atoms with Crippen molar-refractivity contribution in [1.82, 2.24) is 4.90 Å². The van der Waals surface area contributed by atoms with E-state index in [1.807, 2.05) is 6.92 Å². The number of carboxylic acids is 1. The van der Waals surface area contributed by atoms with Gasteiger partial charge in [-0.3, -0.25) is 14.5 Å². The summed E-state index contributed by atoms with van der Waals surface area (Å²) in [5, 5.41) is 8.56. The number of hydrogen-bond donors (Lipinski definition) is 1. The molecule has 0 saturated carbocycles. The van der Waals surface area contributed by atoms with Gasteiger partial charge in [0.15, 0.2) is 0 Å². The Balaban J connectivity index is 2.45. The molecule has 1 rings (SSSR count). The van der Waals surface area contributed by atoms with Crippen LogP contribution in [0.25, 0.3) is 0 Å². The Morgan fingerprint density at radius 3 is 2.26 bits per heavy atom. The summed E-state index contributed by atoms with van der Waals surface area (Å²) in [5.41, 5.74) is 0. The maximum absolute atomic E-state index is 11.5. The van der Waals surface area contributed by atoms with E-state index in [0.717, 1.165) is 0 Å². The van der Waals surface area contributed by atoms with Crippen LogP contribution in [0.5, 0.6) is 11.5 Å². The number of ether oxygens (including phenoxy) is 2. The standard InChI is InChI=1S/C13H17NO5/c1-3-18-10-4-6-11(7-5-10)19-13(17)9-14(2)8-12(15)16/h4-7H,3,8-9H2,1-2H3,(H,15,16). The molecule has 0 aromatic heterocycles. The quantitative estimate of drug-likeness (QED) is 0.587. The number of nitrogens with zero attached hydrogens (tertiary/aromatic N) is 1. The second kappa shape index (κ2) is 7.38. The van der Waals surface area contributed by atoms with Gasteiger partial charge in [-0.1, -0.05) is 0 Å². The highest BCUT2D eigenvalue weighted by Crippen LogP contribution is 2.17. The van der Waals surface area contributed by atoms with Crippen molar-refractivity contribution in [3.63, 3.8) is 0 Å². The van der Waals surface area contributed by atoms with Crippen molar-refractivity contribution in [1.29, 1.82) is 0 Å². The SMILES string of the molecule is CCOc1ccc(OC(=O)CN(C)CC(=O)O)cc1. The lowest BCUT2D eigenvalue weighted by Crippen LogP contribution is -2.32. The molecule has 0 bridgehead atoms. The number of benzene rings is 1. The van der Waals surface area contributed by atoms with Crippen LogP contribution in [0.2, 0.25) is 0 Å². The second-order valence-corrected chi connectivity index (χ2v) is 3.94. The van der Waals surface area contributed by atoms with Gasteiger partial charge in [0.2, 0.25) is 0 Å². The minimum atomic E-state index is -0.989. The average Bonchev–Trinajstić information content (AvgIpc) is 2.30. The van der Waals surface area contributed by atoms with Gasteiger partial charge in [0.25, 0.3) is 0 Å². The Hall–Kier alpha value is -2.08. The molecular formula is C13H17NO5. The molecule has 0 spiro atoms. The third-order valence-electron chi connectivity index (χ3n) is 2.17. The predicted octanol–water partition coefficient (Wildman–Crippen LogP) is 1.01. The molecule has 0 heterocycles. The number of carboxylic acid groups (broad SMARTS) is 1. The zero-order valence-electron chi connectivity index (χ0n) is 11.0. The Morgan fingerprint density at radius 1 is 1.16 bits per heavy atom. The third kappa shape index (κ3) is 5.87. The van der Waals surface area contributed by atoms with Crippen molar-refractivity contribution in [2.45, 2.75) is 6.92 Å². The van der Waals surface area contributed by atoms with Crippen molar-refractivity contribution in [3.8, 4) is 11.5 Å². The van der Waals surface area contributed by atoms with E-state index in [0.29, 0.717) is 18.1 Å². The van der Waals surface area contributed by atoms with Crippen molar-refractivity contribution >= 4 is 11.9 Å². The minimum Gasteiger partial charge on any atom is -0.494 e. The third-order valence-corrected chi connectivity index (χ3v) is 2.17. The first-order valence-corrected chi connectivity index (χ1v) is 5.85. The Bertz CT molecular complexity index is 429. The van der Waals surface area contributed by atoms with Gasteiger partial charge in [-0.2, -0.15) is 0 Å². The second-order valence-electron chi connectivity index (χ2n) is 3.94. The maximum Gasteiger partial charge on any atom is 0.325 e. The topological polar surface area (TPSA) is 76.1 Å². The highest BCUT2D eigenvalue weighted by atomic mass is 16.5. The first-order valence-electron chi connectivity index (χ1n) is 5.85. The van der Waals surface area contributed by atoms with Crippen molar-refractivity contribution < 1.29 is 24.2 Å². The molecule has 0 saturated heterocycles. The summed E-state index contributed by atoms with van der Waals surface area (Å²) in [5.74, 6) is -0.397. The van der Waals surface area contributed by atoms with E-state index >= 15 is 0 Å².